The van der Waals surface area contributed by atoms with Crippen LogP contribution in [-0.4, -0.2) is 32.9 Å². The van der Waals surface area contributed by atoms with E-state index in [0.717, 1.165) is 17.7 Å². The van der Waals surface area contributed by atoms with Crippen molar-refractivity contribution in [2.24, 2.45) is 5.92 Å². The molecule has 4 nitrogen and oxygen atoms in total. The minimum Gasteiger partial charge on any atom is -0.497 e. The summed E-state index contributed by atoms with van der Waals surface area (Å²) in [6, 6.07) is 7.87. The van der Waals surface area contributed by atoms with Crippen LogP contribution in [0, 0.1) is 5.92 Å². The molecule has 0 unspecified atom stereocenters. The Morgan fingerprint density at radius 2 is 2.06 bits per heavy atom. The summed E-state index contributed by atoms with van der Waals surface area (Å²) in [5, 5.41) is 0. The van der Waals surface area contributed by atoms with E-state index in [2.05, 4.69) is 0 Å². The predicted octanol–water partition coefficient (Wildman–Crippen LogP) is 1.52. The van der Waals surface area contributed by atoms with Gasteiger partial charge in [0.05, 0.1) is 32.8 Å². The molecule has 0 aromatic heterocycles. The summed E-state index contributed by atoms with van der Waals surface area (Å²) in [4.78, 5) is 11.8. The maximum absolute atomic E-state index is 11.8. The highest BCUT2D eigenvalue weighted by Crippen LogP contribution is 2.56. The van der Waals surface area contributed by atoms with Crippen LogP contribution in [0.25, 0.3) is 0 Å². The average molecular weight is 248 g/mol. The Morgan fingerprint density at radius 3 is 2.61 bits per heavy atom. The molecule has 2 heterocycles. The number of rotatable bonds is 3. The molecule has 1 aromatic rings. The molecule has 3 atom stereocenters. The van der Waals surface area contributed by atoms with Crippen LogP contribution in [0.15, 0.2) is 24.3 Å². The van der Waals surface area contributed by atoms with Crippen LogP contribution in [-0.2, 0) is 19.7 Å². The molecular weight excluding hydrogens is 232 g/mol. The standard InChI is InChI=1S/C14H16O4/c1-16-10-5-3-9(4-6-10)14-7-11(18-8-14)12(14)13(15)17-2/h3-6,11-12H,7-8H2,1-2H3/t11-,12+,14-/m1/s1. The molecule has 1 saturated carbocycles. The lowest BCUT2D eigenvalue weighted by molar-refractivity contribution is -0.154. The molecule has 1 aromatic carbocycles. The number of hydrogen-bond acceptors (Lipinski definition) is 4. The van der Waals surface area contributed by atoms with Gasteiger partial charge in [-0.25, -0.2) is 0 Å². The van der Waals surface area contributed by atoms with Crippen LogP contribution in [0.4, 0.5) is 0 Å². The second-order valence-electron chi connectivity index (χ2n) is 4.94. The van der Waals surface area contributed by atoms with Gasteiger partial charge in [0, 0.05) is 5.41 Å². The van der Waals surface area contributed by atoms with E-state index in [0.29, 0.717) is 6.61 Å². The molecule has 96 valence electrons. The van der Waals surface area contributed by atoms with Crippen LogP contribution in [0.2, 0.25) is 0 Å². The zero-order valence-electron chi connectivity index (χ0n) is 10.5. The van der Waals surface area contributed by atoms with E-state index >= 15 is 0 Å². The third-order valence-electron chi connectivity index (χ3n) is 4.21. The quantitative estimate of drug-likeness (QED) is 0.761. The molecule has 0 N–H and O–H groups in total. The van der Waals surface area contributed by atoms with Crippen molar-refractivity contribution in [2.75, 3.05) is 20.8 Å². The monoisotopic (exact) mass is 248 g/mol. The van der Waals surface area contributed by atoms with Crippen LogP contribution in [0.5, 0.6) is 5.75 Å². The van der Waals surface area contributed by atoms with Crippen molar-refractivity contribution in [2.45, 2.75) is 17.9 Å². The Hall–Kier alpha value is -1.55. The van der Waals surface area contributed by atoms with Gasteiger partial charge in [0.15, 0.2) is 0 Å². The fourth-order valence-corrected chi connectivity index (χ4v) is 3.17. The fourth-order valence-electron chi connectivity index (χ4n) is 3.17. The molecule has 4 rings (SSSR count). The van der Waals surface area contributed by atoms with Gasteiger partial charge in [0.1, 0.15) is 5.75 Å². The van der Waals surface area contributed by atoms with Gasteiger partial charge in [0.25, 0.3) is 0 Å². The summed E-state index contributed by atoms with van der Waals surface area (Å²) >= 11 is 0. The van der Waals surface area contributed by atoms with E-state index < -0.39 is 0 Å². The molecule has 4 heteroatoms. The van der Waals surface area contributed by atoms with Crippen molar-refractivity contribution in [1.29, 1.82) is 0 Å². The fraction of sp³-hybridized carbons (Fsp3) is 0.500. The molecule has 0 amide bonds. The smallest absolute Gasteiger partial charge is 0.312 e. The molecule has 2 saturated heterocycles. The summed E-state index contributed by atoms with van der Waals surface area (Å²) in [6.07, 6.45) is 0.929. The molecule has 2 bridgehead atoms. The minimum absolute atomic E-state index is 0.0274. The lowest BCUT2D eigenvalue weighted by atomic mass is 9.57. The van der Waals surface area contributed by atoms with Gasteiger partial charge in [-0.1, -0.05) is 12.1 Å². The molecule has 3 aliphatic rings. The molecule has 0 radical (unpaired) electrons. The van der Waals surface area contributed by atoms with Gasteiger partial charge < -0.3 is 14.2 Å². The summed E-state index contributed by atoms with van der Waals surface area (Å²) in [5.41, 5.74) is 0.941. The highest BCUT2D eigenvalue weighted by Gasteiger charge is 2.65. The van der Waals surface area contributed by atoms with E-state index in [4.69, 9.17) is 14.2 Å². The van der Waals surface area contributed by atoms with E-state index in [-0.39, 0.29) is 23.4 Å². The SMILES string of the molecule is COC(=O)[C@@H]1[C@H]2C[C@]1(c1ccc(OC)cc1)CO2. The molecule has 18 heavy (non-hydrogen) atoms. The Labute approximate surface area is 106 Å². The van der Waals surface area contributed by atoms with Crippen molar-refractivity contribution in [3.05, 3.63) is 29.8 Å². The van der Waals surface area contributed by atoms with E-state index in [1.807, 2.05) is 24.3 Å². The van der Waals surface area contributed by atoms with Crippen LogP contribution < -0.4 is 4.74 Å². The number of methoxy groups -OCH3 is 2. The van der Waals surface area contributed by atoms with Gasteiger partial charge in [0.2, 0.25) is 0 Å². The highest BCUT2D eigenvalue weighted by molar-refractivity contribution is 5.78. The minimum atomic E-state index is -0.190. The Kier molecular flexibility index (Phi) is 2.55. The van der Waals surface area contributed by atoms with Crippen LogP contribution in [0.1, 0.15) is 12.0 Å². The zero-order valence-corrected chi connectivity index (χ0v) is 10.5. The zero-order chi connectivity index (χ0) is 12.8. The second-order valence-corrected chi connectivity index (χ2v) is 4.94. The number of hydrogen-bond donors (Lipinski definition) is 0. The van der Waals surface area contributed by atoms with Gasteiger partial charge in [-0.15, -0.1) is 0 Å². The first kappa shape index (κ1) is 11.5. The van der Waals surface area contributed by atoms with E-state index in [1.54, 1.807) is 7.11 Å². The Bertz CT molecular complexity index is 463. The number of benzene rings is 1. The van der Waals surface area contributed by atoms with Gasteiger partial charge in [-0.05, 0) is 24.1 Å². The van der Waals surface area contributed by atoms with Gasteiger partial charge >= 0.3 is 5.97 Å². The third kappa shape index (κ3) is 1.38. The van der Waals surface area contributed by atoms with Crippen molar-refractivity contribution < 1.29 is 19.0 Å². The van der Waals surface area contributed by atoms with Crippen molar-refractivity contribution in [1.82, 2.24) is 0 Å². The topological polar surface area (TPSA) is 44.8 Å². The highest BCUT2D eigenvalue weighted by atomic mass is 16.5. The maximum Gasteiger partial charge on any atom is 0.312 e. The van der Waals surface area contributed by atoms with E-state index in [1.165, 1.54) is 7.11 Å². The predicted molar refractivity (Wildman–Crippen MR) is 64.5 cm³/mol. The number of fused-ring (bicyclic) bond motifs is 1. The van der Waals surface area contributed by atoms with Gasteiger partial charge in [-0.2, -0.15) is 0 Å². The molecule has 0 spiro atoms. The number of carbonyl (C=O) groups is 1. The largest absolute Gasteiger partial charge is 0.497 e. The Balaban J connectivity index is 1.92. The molecule has 1 aliphatic carbocycles. The van der Waals surface area contributed by atoms with Gasteiger partial charge in [-0.3, -0.25) is 4.79 Å². The number of carbonyl (C=O) groups excluding carboxylic acids is 1. The summed E-state index contributed by atoms with van der Waals surface area (Å²) < 4.78 is 15.7. The maximum atomic E-state index is 11.8. The normalized spacial score (nSPS) is 32.8. The van der Waals surface area contributed by atoms with Crippen LogP contribution in [0.3, 0.4) is 0 Å². The summed E-state index contributed by atoms with van der Waals surface area (Å²) in [7, 11) is 3.07. The lowest BCUT2D eigenvalue weighted by Crippen LogP contribution is -2.52. The average Bonchev–Trinajstić information content (AvgIpc) is 2.98. The molecule has 3 fully saturated rings. The molecular formula is C14H16O4. The van der Waals surface area contributed by atoms with Crippen LogP contribution >= 0.6 is 0 Å². The second kappa shape index (κ2) is 3.99. The summed E-state index contributed by atoms with van der Waals surface area (Å²) in [5.74, 6) is 0.495. The molecule has 2 aliphatic heterocycles. The van der Waals surface area contributed by atoms with Crippen molar-refractivity contribution >= 4 is 5.97 Å². The number of ether oxygens (including phenoxy) is 3. The summed E-state index contributed by atoms with van der Waals surface area (Å²) in [6.45, 7) is 0.601. The van der Waals surface area contributed by atoms with Crippen molar-refractivity contribution in [3.8, 4) is 5.75 Å². The Morgan fingerprint density at radius 1 is 1.33 bits per heavy atom. The third-order valence-corrected chi connectivity index (χ3v) is 4.21. The first-order valence-electron chi connectivity index (χ1n) is 6.05. The van der Waals surface area contributed by atoms with E-state index in [9.17, 15) is 4.79 Å². The lowest BCUT2D eigenvalue weighted by Gasteiger charge is -2.43. The number of esters is 1. The first-order chi connectivity index (χ1) is 8.71. The van der Waals surface area contributed by atoms with Crippen molar-refractivity contribution in [3.63, 3.8) is 0 Å². The first-order valence-corrected chi connectivity index (χ1v) is 6.05.